The summed E-state index contributed by atoms with van der Waals surface area (Å²) in [4.78, 5) is 18.9. The van der Waals surface area contributed by atoms with Gasteiger partial charge in [0.2, 0.25) is 0 Å². The molecule has 0 saturated heterocycles. The van der Waals surface area contributed by atoms with Crippen LogP contribution in [-0.2, 0) is 6.18 Å². The Bertz CT molecular complexity index is 826. The van der Waals surface area contributed by atoms with Crippen molar-refractivity contribution in [3.63, 3.8) is 0 Å². The standard InChI is InChI=1S/C19H21F3N4O/c1-11(17-23-10-24-25-17)26(9-12-2-3-12)18(27)15-6-14(13-4-5-13)7-16(8-15)19(20,21)22/h6-8,10-13H,2-5,9H2,1H3,(H,23,24,25). The quantitative estimate of drug-likeness (QED) is 0.815. The lowest BCUT2D eigenvalue weighted by Crippen LogP contribution is -2.36. The minimum atomic E-state index is -4.47. The van der Waals surface area contributed by atoms with Gasteiger partial charge in [0.25, 0.3) is 5.91 Å². The number of hydrogen-bond donors (Lipinski definition) is 1. The summed E-state index contributed by atoms with van der Waals surface area (Å²) in [6, 6.07) is 3.39. The van der Waals surface area contributed by atoms with Gasteiger partial charge >= 0.3 is 6.18 Å². The molecule has 2 aliphatic rings. The molecule has 1 heterocycles. The van der Waals surface area contributed by atoms with Gasteiger partial charge in [0, 0.05) is 12.1 Å². The molecule has 0 bridgehead atoms. The lowest BCUT2D eigenvalue weighted by atomic mass is 10.0. The summed E-state index contributed by atoms with van der Waals surface area (Å²) in [6.07, 6.45) is 0.689. The van der Waals surface area contributed by atoms with Crippen LogP contribution in [0.3, 0.4) is 0 Å². The van der Waals surface area contributed by atoms with Crippen LogP contribution in [0, 0.1) is 5.92 Å². The number of hydrogen-bond acceptors (Lipinski definition) is 3. The highest BCUT2D eigenvalue weighted by Crippen LogP contribution is 2.43. The minimum Gasteiger partial charge on any atom is -0.328 e. The van der Waals surface area contributed by atoms with E-state index >= 15 is 0 Å². The number of aromatic amines is 1. The fourth-order valence-corrected chi connectivity index (χ4v) is 3.32. The molecule has 2 saturated carbocycles. The van der Waals surface area contributed by atoms with Crippen molar-refractivity contribution in [1.82, 2.24) is 20.1 Å². The predicted molar refractivity (Wildman–Crippen MR) is 92.0 cm³/mol. The third kappa shape index (κ3) is 3.99. The molecule has 2 aromatic rings. The molecule has 27 heavy (non-hydrogen) atoms. The zero-order chi connectivity index (χ0) is 19.2. The van der Waals surface area contributed by atoms with E-state index < -0.39 is 17.6 Å². The zero-order valence-corrected chi connectivity index (χ0v) is 15.0. The van der Waals surface area contributed by atoms with Gasteiger partial charge in [0.15, 0.2) is 0 Å². The number of aromatic nitrogens is 3. The fraction of sp³-hybridized carbons (Fsp3) is 0.526. The third-order valence-corrected chi connectivity index (χ3v) is 5.29. The molecule has 2 aliphatic carbocycles. The van der Waals surface area contributed by atoms with Gasteiger partial charge in [-0.2, -0.15) is 18.3 Å². The predicted octanol–water partition coefficient (Wildman–Crippen LogP) is 4.31. The Labute approximate surface area is 155 Å². The van der Waals surface area contributed by atoms with Gasteiger partial charge < -0.3 is 4.90 Å². The Kier molecular flexibility index (Phi) is 4.44. The number of halogens is 3. The van der Waals surface area contributed by atoms with Crippen molar-refractivity contribution in [1.29, 1.82) is 0 Å². The molecule has 1 unspecified atom stereocenters. The van der Waals surface area contributed by atoms with Crippen LogP contribution in [0.5, 0.6) is 0 Å². The Morgan fingerprint density at radius 3 is 2.56 bits per heavy atom. The SMILES string of the molecule is CC(c1ncn[nH]1)N(CC1CC1)C(=O)c1cc(C2CC2)cc(C(F)(F)F)c1. The largest absolute Gasteiger partial charge is 0.416 e. The number of H-pyrrole nitrogens is 1. The maximum Gasteiger partial charge on any atom is 0.416 e. The molecule has 144 valence electrons. The highest BCUT2D eigenvalue weighted by molar-refractivity contribution is 5.95. The molecule has 4 rings (SSSR count). The van der Waals surface area contributed by atoms with E-state index in [1.807, 2.05) is 6.92 Å². The van der Waals surface area contributed by atoms with Gasteiger partial charge in [-0.25, -0.2) is 4.98 Å². The fourth-order valence-electron chi connectivity index (χ4n) is 3.32. The van der Waals surface area contributed by atoms with Crippen molar-refractivity contribution in [2.24, 2.45) is 5.92 Å². The highest BCUT2D eigenvalue weighted by Gasteiger charge is 2.36. The highest BCUT2D eigenvalue weighted by atomic mass is 19.4. The first-order valence-electron chi connectivity index (χ1n) is 9.21. The van der Waals surface area contributed by atoms with Crippen molar-refractivity contribution in [3.8, 4) is 0 Å². The van der Waals surface area contributed by atoms with E-state index in [-0.39, 0.29) is 17.5 Å². The van der Waals surface area contributed by atoms with Crippen LogP contribution in [0.2, 0.25) is 0 Å². The number of amides is 1. The first kappa shape index (κ1) is 18.0. The maximum absolute atomic E-state index is 13.4. The van der Waals surface area contributed by atoms with E-state index in [9.17, 15) is 18.0 Å². The number of alkyl halides is 3. The summed E-state index contributed by atoms with van der Waals surface area (Å²) in [5, 5.41) is 6.58. The molecule has 1 N–H and O–H groups in total. The number of carbonyl (C=O) groups excluding carboxylic acids is 1. The van der Waals surface area contributed by atoms with Crippen molar-refractivity contribution < 1.29 is 18.0 Å². The molecular formula is C19H21F3N4O. The summed E-state index contributed by atoms with van der Waals surface area (Å²) < 4.78 is 40.1. The second-order valence-corrected chi connectivity index (χ2v) is 7.56. The second-order valence-electron chi connectivity index (χ2n) is 7.56. The first-order chi connectivity index (χ1) is 12.8. The van der Waals surface area contributed by atoms with E-state index in [1.165, 1.54) is 12.4 Å². The van der Waals surface area contributed by atoms with E-state index in [0.29, 0.717) is 23.9 Å². The average molecular weight is 378 g/mol. The van der Waals surface area contributed by atoms with Crippen LogP contribution >= 0.6 is 0 Å². The molecule has 1 aromatic heterocycles. The lowest BCUT2D eigenvalue weighted by Gasteiger charge is -2.28. The Hall–Kier alpha value is -2.38. The summed E-state index contributed by atoms with van der Waals surface area (Å²) in [5.41, 5.74) is -0.0560. The van der Waals surface area contributed by atoms with Gasteiger partial charge in [-0.15, -0.1) is 0 Å². The second kappa shape index (κ2) is 6.65. The molecule has 1 aromatic carbocycles. The van der Waals surface area contributed by atoms with Crippen LogP contribution in [0.1, 0.15) is 71.9 Å². The molecule has 8 heteroatoms. The van der Waals surface area contributed by atoms with Crippen LogP contribution < -0.4 is 0 Å². The molecule has 5 nitrogen and oxygen atoms in total. The Morgan fingerprint density at radius 1 is 1.26 bits per heavy atom. The smallest absolute Gasteiger partial charge is 0.328 e. The number of nitrogens with one attached hydrogen (secondary N) is 1. The molecule has 0 aliphatic heterocycles. The summed E-state index contributed by atoms with van der Waals surface area (Å²) in [6.45, 7) is 2.33. The van der Waals surface area contributed by atoms with Gasteiger partial charge in [-0.3, -0.25) is 9.89 Å². The van der Waals surface area contributed by atoms with E-state index in [0.717, 1.165) is 31.7 Å². The van der Waals surface area contributed by atoms with Crippen LogP contribution in [0.25, 0.3) is 0 Å². The number of carbonyl (C=O) groups is 1. The maximum atomic E-state index is 13.4. The van der Waals surface area contributed by atoms with Crippen molar-refractivity contribution in [3.05, 3.63) is 47.0 Å². The van der Waals surface area contributed by atoms with Crippen LogP contribution in [0.4, 0.5) is 13.2 Å². The zero-order valence-electron chi connectivity index (χ0n) is 15.0. The first-order valence-corrected chi connectivity index (χ1v) is 9.21. The van der Waals surface area contributed by atoms with Gasteiger partial charge in [-0.05, 0) is 68.2 Å². The van der Waals surface area contributed by atoms with E-state index in [4.69, 9.17) is 0 Å². The molecule has 2 fully saturated rings. The monoisotopic (exact) mass is 378 g/mol. The summed E-state index contributed by atoms with van der Waals surface area (Å²) >= 11 is 0. The summed E-state index contributed by atoms with van der Waals surface area (Å²) in [5.74, 6) is 0.660. The summed E-state index contributed by atoms with van der Waals surface area (Å²) in [7, 11) is 0. The van der Waals surface area contributed by atoms with Crippen molar-refractivity contribution >= 4 is 5.91 Å². The molecule has 1 amide bonds. The normalized spacial score (nSPS) is 18.4. The van der Waals surface area contributed by atoms with Gasteiger partial charge in [0.05, 0.1) is 11.6 Å². The Morgan fingerprint density at radius 2 is 2.00 bits per heavy atom. The molecule has 1 atom stereocenters. The minimum absolute atomic E-state index is 0.0961. The number of rotatable bonds is 6. The molecule has 0 spiro atoms. The third-order valence-electron chi connectivity index (χ3n) is 5.29. The van der Waals surface area contributed by atoms with E-state index in [1.54, 1.807) is 11.0 Å². The van der Waals surface area contributed by atoms with E-state index in [2.05, 4.69) is 15.2 Å². The van der Waals surface area contributed by atoms with Gasteiger partial charge in [-0.1, -0.05) is 0 Å². The molecule has 0 radical (unpaired) electrons. The number of nitrogens with zero attached hydrogens (tertiary/aromatic N) is 3. The Balaban J connectivity index is 1.68. The van der Waals surface area contributed by atoms with Gasteiger partial charge in [0.1, 0.15) is 12.2 Å². The van der Waals surface area contributed by atoms with Crippen molar-refractivity contribution in [2.75, 3.05) is 6.54 Å². The topological polar surface area (TPSA) is 61.9 Å². The van der Waals surface area contributed by atoms with Crippen LogP contribution in [-0.4, -0.2) is 32.5 Å². The lowest BCUT2D eigenvalue weighted by molar-refractivity contribution is -0.137. The molecular weight excluding hydrogens is 357 g/mol. The number of benzene rings is 1. The van der Waals surface area contributed by atoms with Crippen molar-refractivity contribution in [2.45, 2.75) is 50.7 Å². The average Bonchev–Trinajstić information content (AvgIpc) is 3.57. The van der Waals surface area contributed by atoms with Crippen LogP contribution in [0.15, 0.2) is 24.5 Å².